The average molecular weight is 269 g/mol. The van der Waals surface area contributed by atoms with Crippen LogP contribution in [0.4, 0.5) is 0 Å². The second-order valence-electron chi connectivity index (χ2n) is 6.97. The molecule has 0 bridgehead atoms. The van der Waals surface area contributed by atoms with Gasteiger partial charge in [-0.05, 0) is 44.4 Å². The lowest BCUT2D eigenvalue weighted by Gasteiger charge is -2.35. The molecule has 0 aromatic heterocycles. The van der Waals surface area contributed by atoms with E-state index in [9.17, 15) is 10.3 Å². The highest BCUT2D eigenvalue weighted by Crippen LogP contribution is 2.45. The molecule has 1 aliphatic carbocycles. The Morgan fingerprint density at radius 3 is 2.74 bits per heavy atom. The van der Waals surface area contributed by atoms with Crippen LogP contribution in [0.25, 0.3) is 0 Å². The van der Waals surface area contributed by atoms with Gasteiger partial charge in [-0.2, -0.15) is 0 Å². The fourth-order valence-electron chi connectivity index (χ4n) is 3.66. The van der Waals surface area contributed by atoms with Crippen molar-refractivity contribution in [1.29, 1.82) is 0 Å². The quantitative estimate of drug-likeness (QED) is 0.612. The third-order valence-corrected chi connectivity index (χ3v) is 4.68. The van der Waals surface area contributed by atoms with Crippen LogP contribution >= 0.6 is 0 Å². The minimum absolute atomic E-state index is 0.00168. The van der Waals surface area contributed by atoms with Gasteiger partial charge in [0.05, 0.1) is 29.4 Å². The summed E-state index contributed by atoms with van der Waals surface area (Å²) in [7, 11) is 0. The van der Waals surface area contributed by atoms with Gasteiger partial charge in [0, 0.05) is 0 Å². The first kappa shape index (κ1) is 14.8. The summed E-state index contributed by atoms with van der Waals surface area (Å²) in [6.45, 7) is 8.34. The van der Waals surface area contributed by atoms with Crippen LogP contribution in [0.5, 0.6) is 0 Å². The van der Waals surface area contributed by atoms with E-state index >= 15 is 0 Å². The Morgan fingerprint density at radius 1 is 1.47 bits per heavy atom. The van der Waals surface area contributed by atoms with Crippen LogP contribution in [0, 0.1) is 17.8 Å². The predicted octanol–water partition coefficient (Wildman–Crippen LogP) is 2.82. The van der Waals surface area contributed by atoms with Crippen molar-refractivity contribution >= 4 is 5.71 Å². The van der Waals surface area contributed by atoms with Gasteiger partial charge in [0.2, 0.25) is 0 Å². The molecule has 0 radical (unpaired) electrons. The normalized spacial score (nSPS) is 44.8. The molecular weight excluding hydrogens is 242 g/mol. The molecule has 0 amide bonds. The van der Waals surface area contributed by atoms with E-state index < -0.39 is 5.60 Å². The van der Waals surface area contributed by atoms with Crippen molar-refractivity contribution in [2.45, 2.75) is 71.2 Å². The van der Waals surface area contributed by atoms with Crippen molar-refractivity contribution < 1.29 is 15.1 Å². The van der Waals surface area contributed by atoms with E-state index in [-0.39, 0.29) is 18.1 Å². The van der Waals surface area contributed by atoms with E-state index in [0.717, 1.165) is 25.7 Å². The molecule has 0 spiro atoms. The van der Waals surface area contributed by atoms with Crippen molar-refractivity contribution in [3.05, 3.63) is 0 Å². The fourth-order valence-corrected chi connectivity index (χ4v) is 3.66. The second kappa shape index (κ2) is 5.41. The fraction of sp³-hybridized carbons (Fsp3) is 0.933. The molecule has 1 saturated carbocycles. The summed E-state index contributed by atoms with van der Waals surface area (Å²) in [5, 5.41) is 23.5. The maximum atomic E-state index is 10.8. The first-order chi connectivity index (χ1) is 8.86. The molecule has 110 valence electrons. The summed E-state index contributed by atoms with van der Waals surface area (Å²) in [4.78, 5) is 0. The minimum atomic E-state index is -0.915. The Bertz CT molecular complexity index is 351. The topological polar surface area (TPSA) is 62.0 Å². The van der Waals surface area contributed by atoms with Gasteiger partial charge >= 0.3 is 0 Å². The maximum absolute atomic E-state index is 10.8. The monoisotopic (exact) mass is 269 g/mol. The van der Waals surface area contributed by atoms with Gasteiger partial charge in [-0.25, -0.2) is 0 Å². The molecule has 4 nitrogen and oxygen atoms in total. The number of aliphatic hydroxyl groups is 1. The molecule has 2 rings (SSSR count). The molecule has 0 aromatic carbocycles. The SMILES string of the molecule is CC(C)CCC1O[C@H]2C[C@@H](C)C/C(=N\O)[C@H]2[C@@]1(C)O. The van der Waals surface area contributed by atoms with Crippen molar-refractivity contribution in [1.82, 2.24) is 0 Å². The van der Waals surface area contributed by atoms with Crippen LogP contribution in [-0.4, -0.2) is 33.8 Å². The van der Waals surface area contributed by atoms with E-state index in [4.69, 9.17) is 4.74 Å². The third kappa shape index (κ3) is 2.79. The highest BCUT2D eigenvalue weighted by molar-refractivity contribution is 5.89. The standard InChI is InChI=1S/C15H27NO3/c1-9(2)5-6-13-15(4,17)14-11(16-18)7-10(3)8-12(14)19-13/h9-10,12-14,17-18H,5-8H2,1-4H3/b16-11+/t10-,12-,13?,14+,15-/m0/s1. The zero-order valence-corrected chi connectivity index (χ0v) is 12.5. The van der Waals surface area contributed by atoms with E-state index in [1.165, 1.54) is 0 Å². The molecule has 2 N–H and O–H groups in total. The molecular formula is C15H27NO3. The number of hydrogen-bond donors (Lipinski definition) is 2. The highest BCUT2D eigenvalue weighted by atomic mass is 16.5. The van der Waals surface area contributed by atoms with E-state index in [0.29, 0.717) is 17.5 Å². The minimum Gasteiger partial charge on any atom is -0.411 e. The Labute approximate surface area is 115 Å². The summed E-state index contributed by atoms with van der Waals surface area (Å²) in [6.07, 6.45) is 3.46. The predicted molar refractivity (Wildman–Crippen MR) is 74.5 cm³/mol. The summed E-state index contributed by atoms with van der Waals surface area (Å²) in [5.41, 5.74) is -0.206. The maximum Gasteiger partial charge on any atom is 0.0986 e. The Morgan fingerprint density at radius 2 is 2.16 bits per heavy atom. The molecule has 19 heavy (non-hydrogen) atoms. The first-order valence-electron chi connectivity index (χ1n) is 7.44. The molecule has 1 unspecified atom stereocenters. The molecule has 2 fully saturated rings. The second-order valence-corrected chi connectivity index (χ2v) is 6.97. The first-order valence-corrected chi connectivity index (χ1v) is 7.44. The van der Waals surface area contributed by atoms with Crippen LogP contribution in [-0.2, 0) is 4.74 Å². The highest BCUT2D eigenvalue weighted by Gasteiger charge is 2.56. The summed E-state index contributed by atoms with van der Waals surface area (Å²) in [5.74, 6) is 0.907. The van der Waals surface area contributed by atoms with Gasteiger partial charge < -0.3 is 15.1 Å². The number of oxime groups is 1. The van der Waals surface area contributed by atoms with Gasteiger partial charge in [0.25, 0.3) is 0 Å². The lowest BCUT2D eigenvalue weighted by Crippen LogP contribution is -2.47. The third-order valence-electron chi connectivity index (χ3n) is 4.68. The Hall–Kier alpha value is -0.610. The largest absolute Gasteiger partial charge is 0.411 e. The number of rotatable bonds is 3. The molecule has 1 aliphatic heterocycles. The van der Waals surface area contributed by atoms with Crippen LogP contribution in [0.15, 0.2) is 5.16 Å². The van der Waals surface area contributed by atoms with Crippen molar-refractivity contribution in [2.24, 2.45) is 22.9 Å². The Balaban J connectivity index is 2.16. The number of ether oxygens (including phenoxy) is 1. The lowest BCUT2D eigenvalue weighted by atomic mass is 9.71. The van der Waals surface area contributed by atoms with Crippen molar-refractivity contribution in [3.8, 4) is 0 Å². The van der Waals surface area contributed by atoms with Crippen LogP contribution in [0.3, 0.4) is 0 Å². The summed E-state index contributed by atoms with van der Waals surface area (Å²) in [6, 6.07) is 0. The van der Waals surface area contributed by atoms with Crippen molar-refractivity contribution in [2.75, 3.05) is 0 Å². The number of hydrogen-bond acceptors (Lipinski definition) is 4. The molecule has 0 aromatic rings. The number of nitrogens with zero attached hydrogens (tertiary/aromatic N) is 1. The van der Waals surface area contributed by atoms with Crippen LogP contribution in [0.1, 0.15) is 53.4 Å². The average Bonchev–Trinajstić information content (AvgIpc) is 2.56. The lowest BCUT2D eigenvalue weighted by molar-refractivity contribution is -0.0466. The van der Waals surface area contributed by atoms with E-state index in [1.54, 1.807) is 0 Å². The van der Waals surface area contributed by atoms with Gasteiger partial charge in [-0.1, -0.05) is 25.9 Å². The molecule has 4 heteroatoms. The van der Waals surface area contributed by atoms with Gasteiger partial charge in [0.1, 0.15) is 0 Å². The van der Waals surface area contributed by atoms with Crippen LogP contribution in [0.2, 0.25) is 0 Å². The zero-order chi connectivity index (χ0) is 14.2. The smallest absolute Gasteiger partial charge is 0.0986 e. The van der Waals surface area contributed by atoms with E-state index in [1.807, 2.05) is 6.92 Å². The number of fused-ring (bicyclic) bond motifs is 1. The molecule has 1 saturated heterocycles. The molecule has 1 heterocycles. The van der Waals surface area contributed by atoms with Gasteiger partial charge in [-0.3, -0.25) is 0 Å². The Kier molecular flexibility index (Phi) is 4.21. The molecule has 5 atom stereocenters. The molecule has 2 aliphatic rings. The van der Waals surface area contributed by atoms with Gasteiger partial charge in [0.15, 0.2) is 0 Å². The summed E-state index contributed by atoms with van der Waals surface area (Å²) >= 11 is 0. The van der Waals surface area contributed by atoms with Gasteiger partial charge in [-0.15, -0.1) is 0 Å². The zero-order valence-electron chi connectivity index (χ0n) is 12.5. The van der Waals surface area contributed by atoms with Crippen molar-refractivity contribution in [3.63, 3.8) is 0 Å². The van der Waals surface area contributed by atoms with E-state index in [2.05, 4.69) is 25.9 Å². The summed E-state index contributed by atoms with van der Waals surface area (Å²) < 4.78 is 6.09. The van der Waals surface area contributed by atoms with Crippen LogP contribution < -0.4 is 0 Å².